The van der Waals surface area contributed by atoms with E-state index < -0.39 is 47.1 Å². The number of pyridine rings is 2. The lowest BCUT2D eigenvalue weighted by molar-refractivity contribution is -0.132. The molecule has 4 aromatic rings. The van der Waals surface area contributed by atoms with Crippen molar-refractivity contribution in [3.8, 4) is 11.3 Å². The van der Waals surface area contributed by atoms with Crippen LogP contribution in [0.15, 0.2) is 97.2 Å². The molecular formula is C49H65N7O6. The van der Waals surface area contributed by atoms with E-state index in [9.17, 15) is 24.3 Å². The minimum atomic E-state index is -1.09. The number of carbonyl (C=O) groups is 4. The van der Waals surface area contributed by atoms with Crippen molar-refractivity contribution in [1.29, 1.82) is 0 Å². The number of amides is 5. The van der Waals surface area contributed by atoms with Crippen molar-refractivity contribution in [1.82, 2.24) is 36.1 Å². The second-order valence-electron chi connectivity index (χ2n) is 18.6. The van der Waals surface area contributed by atoms with Crippen LogP contribution in [0.3, 0.4) is 0 Å². The fourth-order valence-corrected chi connectivity index (χ4v) is 8.13. The molecule has 0 radical (unpaired) electrons. The van der Waals surface area contributed by atoms with Crippen molar-refractivity contribution in [3.63, 3.8) is 0 Å². The highest BCUT2D eigenvalue weighted by atomic mass is 16.5. The fourth-order valence-electron chi connectivity index (χ4n) is 8.13. The monoisotopic (exact) mass is 847 g/mol. The maximum atomic E-state index is 14.8. The molecule has 5 atom stereocenters. The largest absolute Gasteiger partial charge is 0.453 e. The maximum absolute atomic E-state index is 14.8. The standard InChI is InChI=1S/C49H65N7O6/c1-32(2)38-19-14-17-36(53-38)30-56-41(29-51-46(56)60)44(48(3,4)5)45(59)55-40(26-33-15-10-9-11-16-33)42(57)27-37(54-43(58)28-49(6,7)31-52-47(61)62-8)25-34-20-22-35(23-21-34)39-18-12-13-24-50-39/h9-24,32,37,40-42,44,57H,25-31H2,1-8H3,(H,51,60)(H,52,61)(H,54,58)(H,55,59). The number of ether oxygens (including phenoxy) is 1. The van der Waals surface area contributed by atoms with Gasteiger partial charge in [-0.3, -0.25) is 19.6 Å². The minimum absolute atomic E-state index is 0.0988. The summed E-state index contributed by atoms with van der Waals surface area (Å²) in [7, 11) is 1.29. The summed E-state index contributed by atoms with van der Waals surface area (Å²) >= 11 is 0. The highest BCUT2D eigenvalue weighted by molar-refractivity contribution is 5.84. The van der Waals surface area contributed by atoms with Crippen LogP contribution in [0.25, 0.3) is 11.3 Å². The molecule has 5 N–H and O–H groups in total. The van der Waals surface area contributed by atoms with E-state index in [1.165, 1.54) is 7.11 Å². The Balaban J connectivity index is 1.41. The number of aliphatic hydroxyl groups excluding tert-OH is 1. The molecule has 5 rings (SSSR count). The number of hydrogen-bond donors (Lipinski definition) is 5. The Bertz CT molecular complexity index is 2090. The highest BCUT2D eigenvalue weighted by Crippen LogP contribution is 2.34. The Morgan fingerprint density at radius 1 is 0.887 bits per heavy atom. The zero-order valence-electron chi connectivity index (χ0n) is 37.5. The van der Waals surface area contributed by atoms with Gasteiger partial charge in [0.05, 0.1) is 49.1 Å². The predicted molar refractivity (Wildman–Crippen MR) is 241 cm³/mol. The first kappa shape index (κ1) is 47.2. The van der Waals surface area contributed by atoms with Gasteiger partial charge in [-0.05, 0) is 71.4 Å². The first-order valence-electron chi connectivity index (χ1n) is 21.6. The predicted octanol–water partition coefficient (Wildman–Crippen LogP) is 6.80. The Morgan fingerprint density at radius 2 is 1.58 bits per heavy atom. The number of urea groups is 1. The summed E-state index contributed by atoms with van der Waals surface area (Å²) in [6.07, 6.45) is 1.03. The molecule has 2 aromatic heterocycles. The molecule has 0 spiro atoms. The van der Waals surface area contributed by atoms with Crippen molar-refractivity contribution in [2.24, 2.45) is 16.7 Å². The molecule has 13 heteroatoms. The molecule has 62 heavy (non-hydrogen) atoms. The summed E-state index contributed by atoms with van der Waals surface area (Å²) in [5.41, 5.74) is 4.14. The third-order valence-electron chi connectivity index (χ3n) is 11.4. The van der Waals surface area contributed by atoms with Gasteiger partial charge in [-0.2, -0.15) is 0 Å². The van der Waals surface area contributed by atoms with Crippen LogP contribution in [0, 0.1) is 16.7 Å². The Kier molecular flexibility index (Phi) is 16.2. The average molecular weight is 848 g/mol. The van der Waals surface area contributed by atoms with Crippen molar-refractivity contribution >= 4 is 23.9 Å². The van der Waals surface area contributed by atoms with Gasteiger partial charge in [0.1, 0.15) is 0 Å². The van der Waals surface area contributed by atoms with Crippen molar-refractivity contribution < 1.29 is 29.0 Å². The molecule has 0 bridgehead atoms. The zero-order valence-corrected chi connectivity index (χ0v) is 37.5. The molecule has 5 unspecified atom stereocenters. The summed E-state index contributed by atoms with van der Waals surface area (Å²) in [6, 6.07) is 27.2. The quantitative estimate of drug-likeness (QED) is 0.0685. The number of aliphatic hydroxyl groups is 1. The molecule has 1 aliphatic rings. The smallest absolute Gasteiger partial charge is 0.406 e. The Labute approximate surface area is 366 Å². The normalized spacial score (nSPS) is 16.2. The van der Waals surface area contributed by atoms with E-state index in [4.69, 9.17) is 9.72 Å². The van der Waals surface area contributed by atoms with Gasteiger partial charge in [-0.15, -0.1) is 0 Å². The van der Waals surface area contributed by atoms with Crippen LogP contribution in [-0.2, 0) is 33.7 Å². The second kappa shape index (κ2) is 21.3. The van der Waals surface area contributed by atoms with E-state index >= 15 is 0 Å². The molecule has 1 saturated heterocycles. The van der Waals surface area contributed by atoms with Crippen LogP contribution in [0.2, 0.25) is 0 Å². The van der Waals surface area contributed by atoms with Gasteiger partial charge in [-0.1, -0.05) is 115 Å². The molecule has 0 aliphatic carbocycles. The van der Waals surface area contributed by atoms with Gasteiger partial charge in [0.25, 0.3) is 0 Å². The van der Waals surface area contributed by atoms with E-state index in [0.29, 0.717) is 12.8 Å². The van der Waals surface area contributed by atoms with Crippen LogP contribution in [0.1, 0.15) is 89.7 Å². The molecule has 3 heterocycles. The number of nitrogens with zero attached hydrogens (tertiary/aromatic N) is 3. The van der Waals surface area contributed by atoms with E-state index in [1.807, 2.05) is 126 Å². The summed E-state index contributed by atoms with van der Waals surface area (Å²) in [5.74, 6) is -0.966. The molecule has 1 aliphatic heterocycles. The van der Waals surface area contributed by atoms with Crippen molar-refractivity contribution in [3.05, 3.63) is 120 Å². The Morgan fingerprint density at radius 3 is 2.23 bits per heavy atom. The summed E-state index contributed by atoms with van der Waals surface area (Å²) < 4.78 is 4.73. The van der Waals surface area contributed by atoms with Gasteiger partial charge in [-0.25, -0.2) is 9.59 Å². The zero-order chi connectivity index (χ0) is 45.0. The van der Waals surface area contributed by atoms with E-state index in [2.05, 4.69) is 40.1 Å². The summed E-state index contributed by atoms with van der Waals surface area (Å²) in [6.45, 7) is 14.6. The minimum Gasteiger partial charge on any atom is -0.453 e. The van der Waals surface area contributed by atoms with Crippen LogP contribution < -0.4 is 21.3 Å². The van der Waals surface area contributed by atoms with Gasteiger partial charge in [0.15, 0.2) is 0 Å². The van der Waals surface area contributed by atoms with Crippen molar-refractivity contribution in [2.45, 2.75) is 111 Å². The second-order valence-corrected chi connectivity index (χ2v) is 18.6. The van der Waals surface area contributed by atoms with Crippen LogP contribution in [-0.4, -0.2) is 88.3 Å². The van der Waals surface area contributed by atoms with Crippen LogP contribution in [0.5, 0.6) is 0 Å². The molecule has 13 nitrogen and oxygen atoms in total. The topological polar surface area (TPSA) is 175 Å². The lowest BCUT2D eigenvalue weighted by Gasteiger charge is -2.39. The number of alkyl carbamates (subject to hydrolysis) is 1. The Hall–Kier alpha value is -5.82. The molecular weight excluding hydrogens is 783 g/mol. The van der Waals surface area contributed by atoms with E-state index in [-0.39, 0.29) is 56.2 Å². The highest BCUT2D eigenvalue weighted by Gasteiger charge is 2.46. The third-order valence-corrected chi connectivity index (χ3v) is 11.4. The third kappa shape index (κ3) is 13.6. The van der Waals surface area contributed by atoms with Crippen molar-refractivity contribution in [2.75, 3.05) is 20.2 Å². The summed E-state index contributed by atoms with van der Waals surface area (Å²) in [4.78, 5) is 64.8. The number of rotatable bonds is 19. The van der Waals surface area contributed by atoms with E-state index in [0.717, 1.165) is 33.8 Å². The SMILES string of the molecule is COC(=O)NCC(C)(C)CC(=O)NC(Cc1ccc(-c2ccccn2)cc1)CC(O)C(Cc1ccccc1)NC(=O)C(C1CNC(=O)N1Cc1cccc(C(C)C)n1)C(C)(C)C. The lowest BCUT2D eigenvalue weighted by Crippen LogP contribution is -2.56. The number of nitrogens with one attached hydrogen (secondary N) is 4. The number of methoxy groups -OCH3 is 1. The number of carbonyl (C=O) groups excluding carboxylic acids is 4. The number of benzene rings is 2. The summed E-state index contributed by atoms with van der Waals surface area (Å²) in [5, 5.41) is 24.4. The van der Waals surface area contributed by atoms with Gasteiger partial charge in [0, 0.05) is 43.0 Å². The fraction of sp³-hybridized carbons (Fsp3) is 0.469. The lowest BCUT2D eigenvalue weighted by atomic mass is 9.75. The van der Waals surface area contributed by atoms with Crippen LogP contribution >= 0.6 is 0 Å². The van der Waals surface area contributed by atoms with Gasteiger partial charge < -0.3 is 36.0 Å². The number of hydrogen-bond acceptors (Lipinski definition) is 8. The van der Waals surface area contributed by atoms with Crippen LogP contribution in [0.4, 0.5) is 9.59 Å². The molecule has 5 amide bonds. The first-order chi connectivity index (χ1) is 29.4. The average Bonchev–Trinajstić information content (AvgIpc) is 3.57. The molecule has 332 valence electrons. The molecule has 1 fully saturated rings. The first-order valence-corrected chi connectivity index (χ1v) is 21.6. The van der Waals surface area contributed by atoms with E-state index in [1.54, 1.807) is 11.1 Å². The molecule has 2 aromatic carbocycles. The molecule has 0 saturated carbocycles. The van der Waals surface area contributed by atoms with Gasteiger partial charge in [0.2, 0.25) is 11.8 Å². The van der Waals surface area contributed by atoms with Gasteiger partial charge >= 0.3 is 12.1 Å². The maximum Gasteiger partial charge on any atom is 0.406 e. The number of aromatic nitrogens is 2.